The van der Waals surface area contributed by atoms with Gasteiger partial charge < -0.3 is 14.2 Å². The maximum Gasteiger partial charge on any atom is 0.306 e. The molecule has 0 saturated carbocycles. The SMILES string of the molecule is CC/C=C\C/C=C\C/C=C\C/C=C\C/C=C\C/C=C\CCCCCCCCCCCCCCCCC(=O)OCC(COC(=O)CCCCCCCCCC)OC(=O)CCCCCCCCCCCCCCC. The lowest BCUT2D eigenvalue weighted by Crippen LogP contribution is -2.30. The smallest absolute Gasteiger partial charge is 0.306 e. The Balaban J connectivity index is 4.03. The molecule has 72 heavy (non-hydrogen) atoms. The Kier molecular flexibility index (Phi) is 57.8. The summed E-state index contributed by atoms with van der Waals surface area (Å²) in [5.74, 6) is -0.862. The molecule has 0 aromatic carbocycles. The first kappa shape index (κ1) is 68.8. The Labute approximate surface area is 446 Å². The first-order chi connectivity index (χ1) is 35.5. The Hall–Kier alpha value is -3.15. The minimum absolute atomic E-state index is 0.0697. The fraction of sp³-hybridized carbons (Fsp3) is 0.773. The standard InChI is InChI=1S/C66H116O6/c1-4-7-10-13-16-19-21-23-24-25-26-27-28-29-30-31-32-33-34-35-36-37-38-39-40-41-42-44-45-47-50-53-56-59-65(68)71-62-63(61-70-64(67)58-55-52-49-18-15-12-9-6-3)72-66(69)60-57-54-51-48-46-43-22-20-17-14-11-8-5-2/h7,10,16,19,23-24,26-27,29-30,32-33,63H,4-6,8-9,11-15,17-18,20-22,25,28,31,34-62H2,1-3H3/b10-7-,19-16-,24-23-,27-26-,30-29-,33-32-. The number of carbonyl (C=O) groups excluding carboxylic acids is 3. The zero-order valence-electron chi connectivity index (χ0n) is 47.7. The molecule has 0 aliphatic rings. The van der Waals surface area contributed by atoms with Gasteiger partial charge in [-0.3, -0.25) is 14.4 Å². The molecule has 0 aromatic rings. The topological polar surface area (TPSA) is 78.9 Å². The number of hydrogen-bond acceptors (Lipinski definition) is 6. The van der Waals surface area contributed by atoms with Crippen LogP contribution in [0.2, 0.25) is 0 Å². The second-order valence-corrected chi connectivity index (χ2v) is 20.6. The fourth-order valence-electron chi connectivity index (χ4n) is 8.86. The minimum Gasteiger partial charge on any atom is -0.462 e. The lowest BCUT2D eigenvalue weighted by atomic mass is 10.0. The molecule has 0 rings (SSSR count). The number of carbonyl (C=O) groups is 3. The highest BCUT2D eigenvalue weighted by Gasteiger charge is 2.19. The zero-order valence-corrected chi connectivity index (χ0v) is 47.7. The third-order valence-electron chi connectivity index (χ3n) is 13.5. The van der Waals surface area contributed by atoms with E-state index in [1.54, 1.807) is 0 Å². The molecule has 0 heterocycles. The van der Waals surface area contributed by atoms with Crippen LogP contribution in [0.25, 0.3) is 0 Å². The maximum atomic E-state index is 12.8. The zero-order chi connectivity index (χ0) is 52.2. The lowest BCUT2D eigenvalue weighted by molar-refractivity contribution is -0.167. The van der Waals surface area contributed by atoms with Crippen molar-refractivity contribution in [2.45, 2.75) is 316 Å². The van der Waals surface area contributed by atoms with E-state index in [-0.39, 0.29) is 31.1 Å². The summed E-state index contributed by atoms with van der Waals surface area (Å²) < 4.78 is 16.8. The van der Waals surface area contributed by atoms with Gasteiger partial charge in [0, 0.05) is 19.3 Å². The van der Waals surface area contributed by atoms with E-state index in [1.165, 1.54) is 173 Å². The van der Waals surface area contributed by atoms with Crippen LogP contribution in [0, 0.1) is 0 Å². The predicted octanol–water partition coefficient (Wildman–Crippen LogP) is 20.9. The van der Waals surface area contributed by atoms with Crippen LogP contribution in [0.5, 0.6) is 0 Å². The Morgan fingerprint density at radius 2 is 0.542 bits per heavy atom. The summed E-state index contributed by atoms with van der Waals surface area (Å²) >= 11 is 0. The number of unbranched alkanes of at least 4 members (excludes halogenated alkanes) is 33. The van der Waals surface area contributed by atoms with Crippen LogP contribution in [-0.2, 0) is 28.6 Å². The van der Waals surface area contributed by atoms with E-state index < -0.39 is 6.10 Å². The molecule has 0 aliphatic heterocycles. The van der Waals surface area contributed by atoms with Crippen molar-refractivity contribution in [2.75, 3.05) is 13.2 Å². The summed E-state index contributed by atoms with van der Waals surface area (Å²) in [7, 11) is 0. The number of allylic oxidation sites excluding steroid dienone is 12. The molecule has 0 radical (unpaired) electrons. The average molecular weight is 1010 g/mol. The minimum atomic E-state index is -0.768. The van der Waals surface area contributed by atoms with Gasteiger partial charge in [-0.1, -0.05) is 293 Å². The van der Waals surface area contributed by atoms with Gasteiger partial charge >= 0.3 is 17.9 Å². The molecule has 0 N–H and O–H groups in total. The number of hydrogen-bond donors (Lipinski definition) is 0. The fourth-order valence-corrected chi connectivity index (χ4v) is 8.86. The Morgan fingerprint density at radius 1 is 0.292 bits per heavy atom. The summed E-state index contributed by atoms with van der Waals surface area (Å²) in [6.07, 6.45) is 77.9. The Bertz CT molecular complexity index is 1340. The second-order valence-electron chi connectivity index (χ2n) is 20.6. The van der Waals surface area contributed by atoms with Gasteiger partial charge in [0.05, 0.1) is 0 Å². The van der Waals surface area contributed by atoms with Gasteiger partial charge in [0.15, 0.2) is 6.10 Å². The van der Waals surface area contributed by atoms with Crippen molar-refractivity contribution in [3.05, 3.63) is 72.9 Å². The van der Waals surface area contributed by atoms with Crippen molar-refractivity contribution in [1.29, 1.82) is 0 Å². The number of ether oxygens (including phenoxy) is 3. The van der Waals surface area contributed by atoms with Crippen molar-refractivity contribution >= 4 is 17.9 Å². The summed E-state index contributed by atoms with van der Waals surface area (Å²) in [5, 5.41) is 0. The van der Waals surface area contributed by atoms with Crippen molar-refractivity contribution in [3.63, 3.8) is 0 Å². The van der Waals surface area contributed by atoms with Gasteiger partial charge in [-0.15, -0.1) is 0 Å². The molecule has 0 saturated heterocycles. The van der Waals surface area contributed by atoms with Gasteiger partial charge in [0.2, 0.25) is 0 Å². The van der Waals surface area contributed by atoms with E-state index in [1.807, 2.05) is 0 Å². The molecule has 1 atom stereocenters. The van der Waals surface area contributed by atoms with Crippen LogP contribution in [-0.4, -0.2) is 37.2 Å². The van der Waals surface area contributed by atoms with Gasteiger partial charge in [-0.25, -0.2) is 0 Å². The van der Waals surface area contributed by atoms with Gasteiger partial charge in [-0.05, 0) is 70.6 Å². The van der Waals surface area contributed by atoms with Crippen LogP contribution in [0.3, 0.4) is 0 Å². The molecule has 6 heteroatoms. The van der Waals surface area contributed by atoms with E-state index in [4.69, 9.17) is 14.2 Å². The molecule has 6 nitrogen and oxygen atoms in total. The summed E-state index contributed by atoms with van der Waals surface area (Å²) in [5.41, 5.74) is 0. The molecular weight excluding hydrogens is 889 g/mol. The molecule has 0 bridgehead atoms. The molecule has 0 spiro atoms. The maximum absolute atomic E-state index is 12.8. The van der Waals surface area contributed by atoms with Crippen molar-refractivity contribution in [3.8, 4) is 0 Å². The van der Waals surface area contributed by atoms with E-state index >= 15 is 0 Å². The number of rotatable bonds is 56. The van der Waals surface area contributed by atoms with Gasteiger partial charge in [0.1, 0.15) is 13.2 Å². The molecule has 0 fully saturated rings. The van der Waals surface area contributed by atoms with E-state index in [2.05, 4.69) is 93.7 Å². The highest BCUT2D eigenvalue weighted by Crippen LogP contribution is 2.17. The lowest BCUT2D eigenvalue weighted by Gasteiger charge is -2.18. The van der Waals surface area contributed by atoms with Crippen molar-refractivity contribution in [1.82, 2.24) is 0 Å². The molecule has 416 valence electrons. The third-order valence-corrected chi connectivity index (χ3v) is 13.5. The highest BCUT2D eigenvalue weighted by atomic mass is 16.6. The first-order valence-corrected chi connectivity index (χ1v) is 30.9. The Morgan fingerprint density at radius 3 is 0.847 bits per heavy atom. The number of esters is 3. The summed E-state index contributed by atoms with van der Waals surface area (Å²) in [6.45, 7) is 6.52. The third kappa shape index (κ3) is 57.7. The largest absolute Gasteiger partial charge is 0.462 e. The van der Waals surface area contributed by atoms with Crippen LogP contribution in [0.4, 0.5) is 0 Å². The summed E-state index contributed by atoms with van der Waals surface area (Å²) in [6, 6.07) is 0. The van der Waals surface area contributed by atoms with E-state index in [0.29, 0.717) is 19.3 Å². The van der Waals surface area contributed by atoms with Gasteiger partial charge in [0.25, 0.3) is 0 Å². The van der Waals surface area contributed by atoms with Crippen molar-refractivity contribution < 1.29 is 28.6 Å². The predicted molar refractivity (Wildman–Crippen MR) is 311 cm³/mol. The quantitative estimate of drug-likeness (QED) is 0.0261. The van der Waals surface area contributed by atoms with E-state index in [9.17, 15) is 14.4 Å². The van der Waals surface area contributed by atoms with Crippen LogP contribution < -0.4 is 0 Å². The van der Waals surface area contributed by atoms with E-state index in [0.717, 1.165) is 96.3 Å². The van der Waals surface area contributed by atoms with Crippen LogP contribution in [0.15, 0.2) is 72.9 Å². The molecule has 1 unspecified atom stereocenters. The summed E-state index contributed by atoms with van der Waals surface area (Å²) in [4.78, 5) is 38.0. The molecule has 0 aliphatic carbocycles. The molecular formula is C66H116O6. The van der Waals surface area contributed by atoms with Crippen LogP contribution in [0.1, 0.15) is 310 Å². The first-order valence-electron chi connectivity index (χ1n) is 30.9. The van der Waals surface area contributed by atoms with Gasteiger partial charge in [-0.2, -0.15) is 0 Å². The van der Waals surface area contributed by atoms with Crippen molar-refractivity contribution in [2.24, 2.45) is 0 Å². The normalized spacial score (nSPS) is 12.5. The monoisotopic (exact) mass is 1000 g/mol. The second kappa shape index (κ2) is 60.4. The van der Waals surface area contributed by atoms with Crippen LogP contribution >= 0.6 is 0 Å². The highest BCUT2D eigenvalue weighted by molar-refractivity contribution is 5.71. The average Bonchev–Trinajstić information content (AvgIpc) is 3.38. The molecule has 0 amide bonds. The molecule has 0 aromatic heterocycles.